The van der Waals surface area contributed by atoms with Crippen LogP contribution >= 0.6 is 11.6 Å². The number of benzene rings is 2. The third kappa shape index (κ3) is 4.99. The van der Waals surface area contributed by atoms with Crippen LogP contribution in [0.2, 0.25) is 5.02 Å². The molecule has 24 heavy (non-hydrogen) atoms. The topological polar surface area (TPSA) is 75.6 Å². The Balaban J connectivity index is 2.03. The second-order valence-corrected chi connectivity index (χ2v) is 5.70. The van der Waals surface area contributed by atoms with Crippen LogP contribution in [0.5, 0.6) is 5.75 Å². The van der Waals surface area contributed by atoms with Gasteiger partial charge in [0, 0.05) is 6.42 Å². The Bertz CT molecular complexity index is 718. The summed E-state index contributed by atoms with van der Waals surface area (Å²) in [5, 5.41) is 12.3. The van der Waals surface area contributed by atoms with E-state index in [0.717, 1.165) is 5.56 Å². The molecule has 1 amide bonds. The van der Waals surface area contributed by atoms with Crippen molar-refractivity contribution >= 4 is 23.5 Å². The van der Waals surface area contributed by atoms with Crippen molar-refractivity contribution in [2.24, 2.45) is 0 Å². The number of carbonyl (C=O) groups is 2. The minimum absolute atomic E-state index is 0.133. The van der Waals surface area contributed by atoms with Crippen LogP contribution in [0.15, 0.2) is 48.5 Å². The van der Waals surface area contributed by atoms with Crippen LogP contribution in [0.1, 0.15) is 11.1 Å². The van der Waals surface area contributed by atoms with Crippen molar-refractivity contribution in [1.82, 2.24) is 5.32 Å². The normalized spacial score (nSPS) is 11.6. The first-order valence-electron chi connectivity index (χ1n) is 7.38. The molecule has 2 rings (SSSR count). The van der Waals surface area contributed by atoms with Crippen LogP contribution in [0.25, 0.3) is 0 Å². The summed E-state index contributed by atoms with van der Waals surface area (Å²) >= 11 is 6.05. The first-order chi connectivity index (χ1) is 11.5. The molecule has 6 heteroatoms. The molecule has 0 fully saturated rings. The maximum Gasteiger partial charge on any atom is 0.326 e. The number of amides is 1. The minimum atomic E-state index is -1.09. The van der Waals surface area contributed by atoms with Gasteiger partial charge in [0.1, 0.15) is 11.8 Å². The number of carbonyl (C=O) groups excluding carboxylic acids is 1. The summed E-state index contributed by atoms with van der Waals surface area (Å²) in [6.45, 7) is 0. The standard InChI is InChI=1S/C18H18ClNO4/c1-24-16-8-7-13(9-14(16)19)10-15(18(22)23)20-17(21)11-12-5-3-2-4-6-12/h2-9,15H,10-11H2,1H3,(H,20,21)(H,22,23)/t15-/m0/s1. The average molecular weight is 348 g/mol. The highest BCUT2D eigenvalue weighted by molar-refractivity contribution is 6.32. The number of carboxylic acids is 1. The van der Waals surface area contributed by atoms with Crippen molar-refractivity contribution in [3.05, 3.63) is 64.7 Å². The Morgan fingerprint density at radius 3 is 2.46 bits per heavy atom. The zero-order valence-electron chi connectivity index (χ0n) is 13.2. The van der Waals surface area contributed by atoms with E-state index in [1.54, 1.807) is 18.2 Å². The predicted octanol–water partition coefficient (Wildman–Crippen LogP) is 2.70. The van der Waals surface area contributed by atoms with Crippen LogP contribution in [0.4, 0.5) is 0 Å². The second-order valence-electron chi connectivity index (χ2n) is 5.29. The van der Waals surface area contributed by atoms with Crippen LogP contribution < -0.4 is 10.1 Å². The van der Waals surface area contributed by atoms with Gasteiger partial charge in [-0.05, 0) is 23.3 Å². The highest BCUT2D eigenvalue weighted by atomic mass is 35.5. The van der Waals surface area contributed by atoms with Gasteiger partial charge in [-0.15, -0.1) is 0 Å². The molecule has 0 aliphatic heterocycles. The van der Waals surface area contributed by atoms with Crippen molar-refractivity contribution in [2.45, 2.75) is 18.9 Å². The predicted molar refractivity (Wildman–Crippen MR) is 91.4 cm³/mol. The molecule has 126 valence electrons. The smallest absolute Gasteiger partial charge is 0.326 e. The molecule has 0 aromatic heterocycles. The van der Waals surface area contributed by atoms with Gasteiger partial charge in [-0.2, -0.15) is 0 Å². The fourth-order valence-electron chi connectivity index (χ4n) is 2.30. The lowest BCUT2D eigenvalue weighted by atomic mass is 10.0. The summed E-state index contributed by atoms with van der Waals surface area (Å²) in [6.07, 6.45) is 0.271. The number of rotatable bonds is 7. The zero-order chi connectivity index (χ0) is 17.5. The Labute approximate surface area is 145 Å². The van der Waals surface area contributed by atoms with Crippen LogP contribution in [0.3, 0.4) is 0 Å². The lowest BCUT2D eigenvalue weighted by Crippen LogP contribution is -2.43. The molecule has 0 heterocycles. The van der Waals surface area contributed by atoms with Gasteiger partial charge in [0.25, 0.3) is 0 Å². The zero-order valence-corrected chi connectivity index (χ0v) is 13.9. The van der Waals surface area contributed by atoms with Crippen molar-refractivity contribution < 1.29 is 19.4 Å². The van der Waals surface area contributed by atoms with Crippen LogP contribution in [-0.4, -0.2) is 30.1 Å². The lowest BCUT2D eigenvalue weighted by molar-refractivity contribution is -0.141. The van der Waals surface area contributed by atoms with Crippen molar-refractivity contribution in [3.8, 4) is 5.75 Å². The molecule has 0 saturated heterocycles. The molecule has 0 radical (unpaired) electrons. The second kappa shape index (κ2) is 8.36. The summed E-state index contributed by atoms with van der Waals surface area (Å²) in [6, 6.07) is 13.2. The van der Waals surface area contributed by atoms with Gasteiger partial charge >= 0.3 is 5.97 Å². The number of carboxylic acid groups (broad SMARTS) is 1. The van der Waals surface area contributed by atoms with E-state index >= 15 is 0 Å². The SMILES string of the molecule is COc1ccc(C[C@H](NC(=O)Cc2ccccc2)C(=O)O)cc1Cl. The monoisotopic (exact) mass is 347 g/mol. The largest absolute Gasteiger partial charge is 0.495 e. The fraction of sp³-hybridized carbons (Fsp3) is 0.222. The Kier molecular flexibility index (Phi) is 6.21. The molecule has 0 spiro atoms. The van der Waals surface area contributed by atoms with Crippen molar-refractivity contribution in [1.29, 1.82) is 0 Å². The van der Waals surface area contributed by atoms with Gasteiger partial charge < -0.3 is 15.2 Å². The van der Waals surface area contributed by atoms with E-state index in [1.165, 1.54) is 7.11 Å². The first kappa shape index (κ1) is 17.8. The molecule has 0 bridgehead atoms. The van der Waals surface area contributed by atoms with E-state index in [1.807, 2.05) is 30.3 Å². The van der Waals surface area contributed by atoms with Gasteiger partial charge in [0.2, 0.25) is 5.91 Å². The van der Waals surface area contributed by atoms with E-state index in [2.05, 4.69) is 5.32 Å². The average Bonchev–Trinajstić information content (AvgIpc) is 2.55. The molecule has 0 unspecified atom stereocenters. The van der Waals surface area contributed by atoms with Gasteiger partial charge in [-0.1, -0.05) is 48.0 Å². The van der Waals surface area contributed by atoms with Crippen LogP contribution in [0, 0.1) is 0 Å². The third-order valence-corrected chi connectivity index (χ3v) is 3.79. The Hall–Kier alpha value is -2.53. The van der Waals surface area contributed by atoms with Crippen molar-refractivity contribution in [2.75, 3.05) is 7.11 Å². The Morgan fingerprint density at radius 1 is 1.17 bits per heavy atom. The molecule has 2 aromatic rings. The number of halogens is 1. The highest BCUT2D eigenvalue weighted by Crippen LogP contribution is 2.25. The van der Waals surface area contributed by atoms with E-state index in [4.69, 9.17) is 16.3 Å². The van der Waals surface area contributed by atoms with E-state index < -0.39 is 12.0 Å². The summed E-state index contributed by atoms with van der Waals surface area (Å²) < 4.78 is 5.07. The molecule has 2 aromatic carbocycles. The van der Waals surface area contributed by atoms with Gasteiger partial charge in [0.05, 0.1) is 18.6 Å². The number of aliphatic carboxylic acids is 1. The fourth-order valence-corrected chi connectivity index (χ4v) is 2.58. The molecule has 0 aliphatic carbocycles. The molecule has 0 aliphatic rings. The summed E-state index contributed by atoms with van der Waals surface area (Å²) in [5.41, 5.74) is 1.53. The van der Waals surface area contributed by atoms with Gasteiger partial charge in [0.15, 0.2) is 0 Å². The van der Waals surface area contributed by atoms with E-state index in [-0.39, 0.29) is 18.7 Å². The number of ether oxygens (including phenoxy) is 1. The third-order valence-electron chi connectivity index (χ3n) is 3.50. The molecule has 1 atom stereocenters. The van der Waals surface area contributed by atoms with Gasteiger partial charge in [-0.25, -0.2) is 4.79 Å². The number of hydrogen-bond donors (Lipinski definition) is 2. The molecular weight excluding hydrogens is 330 g/mol. The summed E-state index contributed by atoms with van der Waals surface area (Å²) in [5.74, 6) is -0.919. The molecule has 0 saturated carbocycles. The maximum atomic E-state index is 12.1. The van der Waals surface area contributed by atoms with E-state index in [0.29, 0.717) is 16.3 Å². The van der Waals surface area contributed by atoms with E-state index in [9.17, 15) is 14.7 Å². The molecular formula is C18H18ClNO4. The quantitative estimate of drug-likeness (QED) is 0.807. The summed E-state index contributed by atoms with van der Waals surface area (Å²) in [7, 11) is 1.50. The lowest BCUT2D eigenvalue weighted by Gasteiger charge is -2.15. The van der Waals surface area contributed by atoms with Gasteiger partial charge in [-0.3, -0.25) is 4.79 Å². The highest BCUT2D eigenvalue weighted by Gasteiger charge is 2.21. The number of hydrogen-bond acceptors (Lipinski definition) is 3. The molecule has 5 nitrogen and oxygen atoms in total. The number of nitrogens with one attached hydrogen (secondary N) is 1. The maximum absolute atomic E-state index is 12.1. The summed E-state index contributed by atoms with van der Waals surface area (Å²) in [4.78, 5) is 23.5. The minimum Gasteiger partial charge on any atom is -0.495 e. The Morgan fingerprint density at radius 2 is 1.88 bits per heavy atom. The van der Waals surface area contributed by atoms with Crippen LogP contribution in [-0.2, 0) is 22.4 Å². The first-order valence-corrected chi connectivity index (χ1v) is 7.76. The number of methoxy groups -OCH3 is 1. The molecule has 2 N–H and O–H groups in total. The van der Waals surface area contributed by atoms with Crippen molar-refractivity contribution in [3.63, 3.8) is 0 Å².